The zero-order valence-corrected chi connectivity index (χ0v) is 11.4. The lowest BCUT2D eigenvalue weighted by atomic mass is 10.0. The lowest BCUT2D eigenvalue weighted by Gasteiger charge is -2.24. The van der Waals surface area contributed by atoms with Crippen molar-refractivity contribution in [3.8, 4) is 0 Å². The van der Waals surface area contributed by atoms with Crippen LogP contribution in [0.4, 0.5) is 0 Å². The molecule has 0 rings (SSSR count). The Balaban J connectivity index is 4.48. The van der Waals surface area contributed by atoms with Crippen molar-refractivity contribution in [1.29, 1.82) is 0 Å². The second kappa shape index (κ2) is 5.44. The fourth-order valence-electron chi connectivity index (χ4n) is 1.06. The molecule has 0 saturated carbocycles. The van der Waals surface area contributed by atoms with Crippen LogP contribution in [0.15, 0.2) is 0 Å². The van der Waals surface area contributed by atoms with E-state index in [1.54, 1.807) is 13.8 Å². The Hall–Kier alpha value is -0.180. The highest BCUT2D eigenvalue weighted by molar-refractivity contribution is 7.93. The molecule has 0 aliphatic carbocycles. The number of sulfonamides is 1. The number of sulfone groups is 1. The first kappa shape index (κ1) is 15.8. The van der Waals surface area contributed by atoms with Gasteiger partial charge in [0.1, 0.15) is 9.84 Å². The highest BCUT2D eigenvalue weighted by Gasteiger charge is 2.24. The Morgan fingerprint density at radius 3 is 2.00 bits per heavy atom. The van der Waals surface area contributed by atoms with Crippen LogP contribution < -0.4 is 4.72 Å². The van der Waals surface area contributed by atoms with Gasteiger partial charge >= 0.3 is 0 Å². The Morgan fingerprint density at radius 1 is 1.12 bits per heavy atom. The Kier molecular flexibility index (Phi) is 5.37. The number of nitrogens with one attached hydrogen (secondary N) is 1. The van der Waals surface area contributed by atoms with Gasteiger partial charge in [0.25, 0.3) is 0 Å². The van der Waals surface area contributed by atoms with Crippen molar-refractivity contribution in [1.82, 2.24) is 4.72 Å². The van der Waals surface area contributed by atoms with Crippen molar-refractivity contribution >= 4 is 19.9 Å². The molecule has 0 heterocycles. The molecule has 0 aromatic rings. The van der Waals surface area contributed by atoms with E-state index < -0.39 is 36.9 Å². The molecular formula is C8H19NO5S2. The van der Waals surface area contributed by atoms with Crippen LogP contribution in [0, 0.1) is 0 Å². The van der Waals surface area contributed by atoms with Gasteiger partial charge in [-0.15, -0.1) is 0 Å². The zero-order valence-electron chi connectivity index (χ0n) is 9.73. The average molecular weight is 273 g/mol. The largest absolute Gasteiger partial charge is 0.396 e. The van der Waals surface area contributed by atoms with E-state index in [-0.39, 0.29) is 13.0 Å². The second-order valence-electron chi connectivity index (χ2n) is 4.41. The molecule has 0 aromatic heterocycles. The maximum Gasteiger partial charge on any atom is 0.213 e. The predicted molar refractivity (Wildman–Crippen MR) is 62.4 cm³/mol. The smallest absolute Gasteiger partial charge is 0.213 e. The minimum atomic E-state index is -3.63. The molecule has 8 heteroatoms. The van der Waals surface area contributed by atoms with Gasteiger partial charge in [0, 0.05) is 18.4 Å². The summed E-state index contributed by atoms with van der Waals surface area (Å²) in [5.74, 6) is -0.863. The maximum absolute atomic E-state index is 11.5. The standard InChI is InChI=1S/C8H19NO5S2/c1-8(2,4-5-10)9-16(13,14)7-6-15(3,11)12/h9-10H,4-7H2,1-3H3. The van der Waals surface area contributed by atoms with Gasteiger partial charge < -0.3 is 5.11 Å². The van der Waals surface area contributed by atoms with Crippen molar-refractivity contribution in [2.45, 2.75) is 25.8 Å². The van der Waals surface area contributed by atoms with Crippen LogP contribution in [0.2, 0.25) is 0 Å². The summed E-state index contributed by atoms with van der Waals surface area (Å²) in [6.07, 6.45) is 1.26. The van der Waals surface area contributed by atoms with Gasteiger partial charge in [0.15, 0.2) is 0 Å². The quantitative estimate of drug-likeness (QED) is 0.627. The third-order valence-electron chi connectivity index (χ3n) is 1.89. The zero-order chi connectivity index (χ0) is 13.0. The third-order valence-corrected chi connectivity index (χ3v) is 4.70. The van der Waals surface area contributed by atoms with Crippen LogP contribution in [-0.2, 0) is 19.9 Å². The first-order valence-electron chi connectivity index (χ1n) is 4.78. The molecule has 0 spiro atoms. The lowest BCUT2D eigenvalue weighted by Crippen LogP contribution is -2.45. The van der Waals surface area contributed by atoms with Crippen molar-refractivity contribution in [3.05, 3.63) is 0 Å². The van der Waals surface area contributed by atoms with Crippen LogP contribution in [0.3, 0.4) is 0 Å². The SMILES string of the molecule is CC(C)(CCO)NS(=O)(=O)CCS(C)(=O)=O. The summed E-state index contributed by atoms with van der Waals surface area (Å²) in [6.45, 7) is 3.12. The molecule has 0 unspecified atom stereocenters. The van der Waals surface area contributed by atoms with Crippen molar-refractivity contribution in [2.75, 3.05) is 24.4 Å². The highest BCUT2D eigenvalue weighted by atomic mass is 32.2. The number of aliphatic hydroxyl groups excluding tert-OH is 1. The fraction of sp³-hybridized carbons (Fsp3) is 1.00. The summed E-state index contributed by atoms with van der Waals surface area (Å²) in [4.78, 5) is 0. The van der Waals surface area contributed by atoms with E-state index in [4.69, 9.17) is 5.11 Å². The molecule has 16 heavy (non-hydrogen) atoms. The molecule has 6 nitrogen and oxygen atoms in total. The molecule has 0 aliphatic rings. The molecule has 98 valence electrons. The number of rotatable bonds is 7. The Labute approximate surface area is 97.0 Å². The third kappa shape index (κ3) is 8.03. The average Bonchev–Trinajstić information content (AvgIpc) is 1.97. The second-order valence-corrected chi connectivity index (χ2v) is 8.51. The monoisotopic (exact) mass is 273 g/mol. The molecule has 0 aliphatic heterocycles. The van der Waals surface area contributed by atoms with Crippen LogP contribution in [0.5, 0.6) is 0 Å². The summed E-state index contributed by atoms with van der Waals surface area (Å²) < 4.78 is 47.0. The van der Waals surface area contributed by atoms with Crippen molar-refractivity contribution in [2.24, 2.45) is 0 Å². The van der Waals surface area contributed by atoms with Crippen LogP contribution in [0.1, 0.15) is 20.3 Å². The van der Waals surface area contributed by atoms with Gasteiger partial charge in [-0.25, -0.2) is 21.6 Å². The van der Waals surface area contributed by atoms with Gasteiger partial charge in [-0.1, -0.05) is 0 Å². The minimum absolute atomic E-state index is 0.137. The van der Waals surface area contributed by atoms with Crippen LogP contribution in [0.25, 0.3) is 0 Å². The first-order valence-corrected chi connectivity index (χ1v) is 8.49. The van der Waals surface area contributed by atoms with E-state index in [1.807, 2.05) is 0 Å². The topological polar surface area (TPSA) is 101 Å². The van der Waals surface area contributed by atoms with E-state index in [9.17, 15) is 16.8 Å². The first-order chi connectivity index (χ1) is 6.97. The van der Waals surface area contributed by atoms with E-state index in [0.29, 0.717) is 0 Å². The molecule has 0 saturated heterocycles. The summed E-state index contributed by atoms with van der Waals surface area (Å²) in [5, 5.41) is 8.73. The van der Waals surface area contributed by atoms with E-state index in [0.717, 1.165) is 6.26 Å². The van der Waals surface area contributed by atoms with Crippen molar-refractivity contribution < 1.29 is 21.9 Å². The van der Waals surface area contributed by atoms with E-state index in [1.165, 1.54) is 0 Å². The molecule has 0 fully saturated rings. The van der Waals surface area contributed by atoms with E-state index >= 15 is 0 Å². The highest BCUT2D eigenvalue weighted by Crippen LogP contribution is 2.09. The predicted octanol–water partition coefficient (Wildman–Crippen LogP) is -0.889. The molecule has 0 atom stereocenters. The normalized spacial score (nSPS) is 14.0. The van der Waals surface area contributed by atoms with Crippen LogP contribution in [-0.4, -0.2) is 51.8 Å². The van der Waals surface area contributed by atoms with Gasteiger partial charge in [0.2, 0.25) is 10.0 Å². The summed E-state index contributed by atoms with van der Waals surface area (Å²) >= 11 is 0. The number of hydrogen-bond acceptors (Lipinski definition) is 5. The molecule has 0 amide bonds. The van der Waals surface area contributed by atoms with Gasteiger partial charge in [-0.3, -0.25) is 0 Å². The molecule has 0 aromatic carbocycles. The van der Waals surface area contributed by atoms with Gasteiger partial charge in [-0.2, -0.15) is 0 Å². The minimum Gasteiger partial charge on any atom is -0.396 e. The Bertz CT molecular complexity index is 410. The summed E-state index contributed by atoms with van der Waals surface area (Å²) in [6, 6.07) is 0. The summed E-state index contributed by atoms with van der Waals surface area (Å²) in [5.41, 5.74) is -0.773. The fourth-order valence-corrected chi connectivity index (χ4v) is 4.20. The lowest BCUT2D eigenvalue weighted by molar-refractivity contribution is 0.246. The van der Waals surface area contributed by atoms with Crippen LogP contribution >= 0.6 is 0 Å². The molecule has 2 N–H and O–H groups in total. The van der Waals surface area contributed by atoms with Gasteiger partial charge in [-0.05, 0) is 20.3 Å². The maximum atomic E-state index is 11.5. The molecule has 0 bridgehead atoms. The molecular weight excluding hydrogens is 254 g/mol. The molecule has 0 radical (unpaired) electrons. The number of aliphatic hydroxyl groups is 1. The van der Waals surface area contributed by atoms with E-state index in [2.05, 4.69) is 4.72 Å². The van der Waals surface area contributed by atoms with Crippen molar-refractivity contribution in [3.63, 3.8) is 0 Å². The summed E-state index contributed by atoms with van der Waals surface area (Å²) in [7, 11) is -6.93. The van der Waals surface area contributed by atoms with Gasteiger partial charge in [0.05, 0.1) is 11.5 Å². The number of hydrogen-bond donors (Lipinski definition) is 2. The Morgan fingerprint density at radius 2 is 1.62 bits per heavy atom.